The highest BCUT2D eigenvalue weighted by molar-refractivity contribution is 6.33. The zero-order valence-electron chi connectivity index (χ0n) is 8.41. The monoisotopic (exact) mass is 221 g/mol. The quantitative estimate of drug-likeness (QED) is 0.754. The lowest BCUT2D eigenvalue weighted by Crippen LogP contribution is -2.21. The number of hydrogen-bond donors (Lipinski definition) is 1. The lowest BCUT2D eigenvalue weighted by atomic mass is 10.1. The van der Waals surface area contributed by atoms with Gasteiger partial charge in [-0.15, -0.1) is 0 Å². The van der Waals surface area contributed by atoms with Gasteiger partial charge in [0.15, 0.2) is 0 Å². The maximum Gasteiger partial charge on any atom is 0.259 e. The van der Waals surface area contributed by atoms with Crippen molar-refractivity contribution in [3.8, 4) is 5.75 Å². The van der Waals surface area contributed by atoms with Gasteiger partial charge in [0.25, 0.3) is 11.8 Å². The molecule has 0 spiro atoms. The van der Waals surface area contributed by atoms with Crippen molar-refractivity contribution >= 4 is 17.4 Å². The van der Waals surface area contributed by atoms with Crippen molar-refractivity contribution in [2.24, 2.45) is 0 Å². The predicted molar refractivity (Wildman–Crippen MR) is 54.1 cm³/mol. The molecule has 0 saturated heterocycles. The topological polar surface area (TPSA) is 55.4 Å². The van der Waals surface area contributed by atoms with Crippen LogP contribution in [-0.4, -0.2) is 18.9 Å². The number of benzene rings is 1. The fourth-order valence-corrected chi connectivity index (χ4v) is 1.45. The first kappa shape index (κ1) is 10.4. The summed E-state index contributed by atoms with van der Waals surface area (Å²) < 4.78 is 18.4. The maximum atomic E-state index is 13.5. The van der Waals surface area contributed by atoms with E-state index in [-0.39, 0.29) is 11.1 Å². The lowest BCUT2D eigenvalue weighted by molar-refractivity contribution is -0.123. The summed E-state index contributed by atoms with van der Waals surface area (Å²) in [6.07, 6.45) is 1.07. The number of carbonyl (C=O) groups is 2. The first-order chi connectivity index (χ1) is 7.61. The van der Waals surface area contributed by atoms with E-state index in [4.69, 9.17) is 4.74 Å². The van der Waals surface area contributed by atoms with Crippen LogP contribution in [0, 0.1) is 5.82 Å². The van der Waals surface area contributed by atoms with Gasteiger partial charge in [0.05, 0.1) is 12.7 Å². The third-order valence-corrected chi connectivity index (χ3v) is 2.22. The first-order valence-electron chi connectivity index (χ1n) is 4.52. The molecule has 0 radical (unpaired) electrons. The minimum Gasteiger partial charge on any atom is -0.497 e. The Balaban J connectivity index is 2.51. The van der Waals surface area contributed by atoms with E-state index in [1.165, 1.54) is 25.3 Å². The fourth-order valence-electron chi connectivity index (χ4n) is 1.45. The maximum absolute atomic E-state index is 13.5. The molecule has 0 aromatic heterocycles. The van der Waals surface area contributed by atoms with Gasteiger partial charge < -0.3 is 4.74 Å². The Morgan fingerprint density at radius 1 is 1.31 bits per heavy atom. The number of nitrogens with one attached hydrogen (secondary N) is 1. The summed E-state index contributed by atoms with van der Waals surface area (Å²) in [6, 6.07) is 4.00. The van der Waals surface area contributed by atoms with Gasteiger partial charge in [-0.05, 0) is 18.2 Å². The van der Waals surface area contributed by atoms with Crippen LogP contribution in [0.3, 0.4) is 0 Å². The average Bonchev–Trinajstić information content (AvgIpc) is 2.58. The summed E-state index contributed by atoms with van der Waals surface area (Å²) in [4.78, 5) is 22.3. The predicted octanol–water partition coefficient (Wildman–Crippen LogP) is 0.874. The van der Waals surface area contributed by atoms with Crippen LogP contribution in [0.15, 0.2) is 24.3 Å². The number of rotatable bonds is 2. The molecule has 16 heavy (non-hydrogen) atoms. The van der Waals surface area contributed by atoms with Crippen LogP contribution in [0.5, 0.6) is 5.75 Å². The molecule has 0 fully saturated rings. The molecule has 2 rings (SSSR count). The minimum atomic E-state index is -0.600. The van der Waals surface area contributed by atoms with Crippen LogP contribution < -0.4 is 10.1 Å². The second kappa shape index (κ2) is 3.77. The number of imide groups is 1. The molecule has 1 aromatic rings. The summed E-state index contributed by atoms with van der Waals surface area (Å²) in [5.41, 5.74) is 0.0732. The van der Waals surface area contributed by atoms with Crippen molar-refractivity contribution in [2.75, 3.05) is 7.11 Å². The van der Waals surface area contributed by atoms with E-state index in [1.54, 1.807) is 0 Å². The van der Waals surface area contributed by atoms with E-state index < -0.39 is 17.6 Å². The molecule has 4 nitrogen and oxygen atoms in total. The highest BCUT2D eigenvalue weighted by Gasteiger charge is 2.24. The third kappa shape index (κ3) is 1.67. The number of hydrogen-bond acceptors (Lipinski definition) is 3. The molecular weight excluding hydrogens is 213 g/mol. The lowest BCUT2D eigenvalue weighted by Gasteiger charge is -2.05. The van der Waals surface area contributed by atoms with Crippen molar-refractivity contribution in [2.45, 2.75) is 0 Å². The molecular formula is C11H8FNO3. The van der Waals surface area contributed by atoms with E-state index >= 15 is 0 Å². The number of carbonyl (C=O) groups excluding carboxylic acids is 2. The fraction of sp³-hybridized carbons (Fsp3) is 0.0909. The Bertz CT molecular complexity index is 508. The number of ether oxygens (including phenoxy) is 1. The molecule has 0 unspecified atom stereocenters. The zero-order valence-corrected chi connectivity index (χ0v) is 8.41. The molecule has 0 saturated carbocycles. The molecule has 2 amide bonds. The van der Waals surface area contributed by atoms with Crippen LogP contribution in [0.1, 0.15) is 5.56 Å². The first-order valence-corrected chi connectivity index (χ1v) is 4.52. The van der Waals surface area contributed by atoms with Gasteiger partial charge >= 0.3 is 0 Å². The van der Waals surface area contributed by atoms with Crippen LogP contribution in [0.25, 0.3) is 5.57 Å². The standard InChI is InChI=1S/C11H8FNO3/c1-16-6-2-3-9(12)7(4-6)8-5-10(14)13-11(8)15/h2-5H,1H3,(H,13,14,15). The highest BCUT2D eigenvalue weighted by atomic mass is 19.1. The number of amides is 2. The molecule has 1 aliphatic rings. The van der Waals surface area contributed by atoms with Gasteiger partial charge in [-0.25, -0.2) is 4.39 Å². The Morgan fingerprint density at radius 3 is 2.62 bits per heavy atom. The second-order valence-corrected chi connectivity index (χ2v) is 3.22. The van der Waals surface area contributed by atoms with E-state index in [1.807, 2.05) is 0 Å². The van der Waals surface area contributed by atoms with Crippen molar-refractivity contribution < 1.29 is 18.7 Å². The highest BCUT2D eigenvalue weighted by Crippen LogP contribution is 2.25. The molecule has 5 heteroatoms. The molecule has 1 aromatic carbocycles. The summed E-state index contributed by atoms with van der Waals surface area (Å²) in [5, 5.41) is 2.05. The van der Waals surface area contributed by atoms with Crippen molar-refractivity contribution in [3.05, 3.63) is 35.7 Å². The van der Waals surface area contributed by atoms with Crippen molar-refractivity contribution in [3.63, 3.8) is 0 Å². The summed E-state index contributed by atoms with van der Waals surface area (Å²) in [6.45, 7) is 0. The van der Waals surface area contributed by atoms with Crippen LogP contribution in [0.4, 0.5) is 4.39 Å². The Hall–Kier alpha value is -2.17. The van der Waals surface area contributed by atoms with Gasteiger partial charge in [0.2, 0.25) is 0 Å². The Morgan fingerprint density at radius 2 is 2.06 bits per heavy atom. The number of methoxy groups -OCH3 is 1. The van der Waals surface area contributed by atoms with Crippen LogP contribution in [0.2, 0.25) is 0 Å². The third-order valence-electron chi connectivity index (χ3n) is 2.22. The smallest absolute Gasteiger partial charge is 0.259 e. The minimum absolute atomic E-state index is 0.0152. The zero-order chi connectivity index (χ0) is 11.7. The largest absolute Gasteiger partial charge is 0.497 e. The summed E-state index contributed by atoms with van der Waals surface area (Å²) in [5.74, 6) is -1.29. The molecule has 0 bridgehead atoms. The average molecular weight is 221 g/mol. The van der Waals surface area contributed by atoms with Gasteiger partial charge in [0, 0.05) is 11.6 Å². The van der Waals surface area contributed by atoms with Crippen molar-refractivity contribution in [1.82, 2.24) is 5.32 Å². The van der Waals surface area contributed by atoms with E-state index in [2.05, 4.69) is 5.32 Å². The Kier molecular flexibility index (Phi) is 2.44. The molecule has 0 aliphatic carbocycles. The second-order valence-electron chi connectivity index (χ2n) is 3.22. The van der Waals surface area contributed by atoms with Crippen molar-refractivity contribution in [1.29, 1.82) is 0 Å². The van der Waals surface area contributed by atoms with Gasteiger partial charge in [-0.3, -0.25) is 14.9 Å². The summed E-state index contributed by atoms with van der Waals surface area (Å²) in [7, 11) is 1.44. The van der Waals surface area contributed by atoms with Gasteiger partial charge in [0.1, 0.15) is 11.6 Å². The van der Waals surface area contributed by atoms with Gasteiger partial charge in [-0.2, -0.15) is 0 Å². The molecule has 1 aliphatic heterocycles. The van der Waals surface area contributed by atoms with Crippen LogP contribution in [-0.2, 0) is 9.59 Å². The Labute approximate surface area is 90.7 Å². The molecule has 1 heterocycles. The van der Waals surface area contributed by atoms with E-state index in [9.17, 15) is 14.0 Å². The SMILES string of the molecule is COc1ccc(F)c(C2=CC(=O)NC2=O)c1. The van der Waals surface area contributed by atoms with E-state index in [0.29, 0.717) is 5.75 Å². The molecule has 82 valence electrons. The van der Waals surface area contributed by atoms with Crippen LogP contribution >= 0.6 is 0 Å². The molecule has 1 N–H and O–H groups in total. The molecule has 0 atom stereocenters. The van der Waals surface area contributed by atoms with E-state index in [0.717, 1.165) is 6.08 Å². The number of halogens is 1. The van der Waals surface area contributed by atoms with Gasteiger partial charge in [-0.1, -0.05) is 0 Å². The summed E-state index contributed by atoms with van der Waals surface area (Å²) >= 11 is 0. The normalized spacial score (nSPS) is 14.8.